The van der Waals surface area contributed by atoms with Crippen LogP contribution in [0.25, 0.3) is 0 Å². The number of nitrogens with one attached hydrogen (secondary N) is 1. The van der Waals surface area contributed by atoms with Gasteiger partial charge in [-0.15, -0.1) is 12.3 Å². The molecule has 18 heavy (non-hydrogen) atoms. The molecule has 1 atom stereocenters. The Bertz CT molecular complexity index is 491. The average Bonchev–Trinajstić information content (AvgIpc) is 2.37. The van der Waals surface area contributed by atoms with Crippen LogP contribution >= 0.6 is 0 Å². The van der Waals surface area contributed by atoms with Gasteiger partial charge in [0, 0.05) is 6.42 Å². The summed E-state index contributed by atoms with van der Waals surface area (Å²) in [7, 11) is 1.46. The van der Waals surface area contributed by atoms with E-state index in [1.807, 2.05) is 0 Å². The predicted molar refractivity (Wildman–Crippen MR) is 66.9 cm³/mol. The molecule has 94 valence electrons. The molecule has 0 fully saturated rings. The summed E-state index contributed by atoms with van der Waals surface area (Å²) in [6, 6.07) is 5.78. The van der Waals surface area contributed by atoms with Crippen LogP contribution in [0.2, 0.25) is 0 Å². The molecule has 0 heterocycles. The first kappa shape index (κ1) is 13.6. The van der Waals surface area contributed by atoms with Gasteiger partial charge in [0.15, 0.2) is 0 Å². The normalized spacial score (nSPS) is 11.1. The Morgan fingerprint density at radius 2 is 2.17 bits per heavy atom. The molecule has 5 nitrogen and oxygen atoms in total. The number of primary amides is 1. The van der Waals surface area contributed by atoms with E-state index in [-0.39, 0.29) is 6.42 Å². The number of nitrogens with two attached hydrogens (primary N) is 1. The molecule has 2 amide bonds. The Morgan fingerprint density at radius 3 is 2.72 bits per heavy atom. The number of hydrogen-bond acceptors (Lipinski definition) is 3. The summed E-state index contributed by atoms with van der Waals surface area (Å²) in [6.45, 7) is 0. The maximum atomic E-state index is 11.9. The SMILES string of the molecule is C#CC[C@H](NC(=O)c1ccccc1OC)C(N)=O. The van der Waals surface area contributed by atoms with Crippen LogP contribution in [0.3, 0.4) is 0 Å². The van der Waals surface area contributed by atoms with E-state index < -0.39 is 17.9 Å². The van der Waals surface area contributed by atoms with E-state index in [0.29, 0.717) is 11.3 Å². The van der Waals surface area contributed by atoms with Crippen molar-refractivity contribution < 1.29 is 14.3 Å². The highest BCUT2D eigenvalue weighted by Crippen LogP contribution is 2.17. The van der Waals surface area contributed by atoms with Crippen LogP contribution in [0, 0.1) is 12.3 Å². The number of carbonyl (C=O) groups is 2. The third kappa shape index (κ3) is 3.25. The molecule has 0 unspecified atom stereocenters. The summed E-state index contributed by atoms with van der Waals surface area (Å²) in [4.78, 5) is 23.0. The van der Waals surface area contributed by atoms with Crippen molar-refractivity contribution in [3.63, 3.8) is 0 Å². The summed E-state index contributed by atoms with van der Waals surface area (Å²) < 4.78 is 5.05. The summed E-state index contributed by atoms with van der Waals surface area (Å²) in [5.74, 6) is 1.58. The van der Waals surface area contributed by atoms with Gasteiger partial charge in [-0.1, -0.05) is 12.1 Å². The third-order valence-electron chi connectivity index (χ3n) is 2.32. The molecular weight excluding hydrogens is 232 g/mol. The lowest BCUT2D eigenvalue weighted by atomic mass is 10.1. The second-order valence-corrected chi connectivity index (χ2v) is 3.54. The number of benzene rings is 1. The van der Waals surface area contributed by atoms with Gasteiger partial charge in [-0.05, 0) is 12.1 Å². The van der Waals surface area contributed by atoms with Crippen molar-refractivity contribution in [1.82, 2.24) is 5.32 Å². The van der Waals surface area contributed by atoms with Crippen LogP contribution in [0.5, 0.6) is 5.75 Å². The van der Waals surface area contributed by atoms with E-state index in [1.165, 1.54) is 7.11 Å². The highest BCUT2D eigenvalue weighted by atomic mass is 16.5. The molecule has 0 aliphatic heterocycles. The Kier molecular flexibility index (Phi) is 4.76. The third-order valence-corrected chi connectivity index (χ3v) is 2.32. The van der Waals surface area contributed by atoms with Gasteiger partial charge in [-0.25, -0.2) is 0 Å². The van der Waals surface area contributed by atoms with Gasteiger partial charge in [0.25, 0.3) is 5.91 Å². The van der Waals surface area contributed by atoms with Crippen molar-refractivity contribution in [2.24, 2.45) is 5.73 Å². The summed E-state index contributed by atoms with van der Waals surface area (Å²) in [6.07, 6.45) is 5.16. The summed E-state index contributed by atoms with van der Waals surface area (Å²) in [5.41, 5.74) is 5.46. The molecule has 0 aromatic heterocycles. The van der Waals surface area contributed by atoms with E-state index in [4.69, 9.17) is 16.9 Å². The Hall–Kier alpha value is -2.48. The van der Waals surface area contributed by atoms with Gasteiger partial charge >= 0.3 is 0 Å². The van der Waals surface area contributed by atoms with Gasteiger partial charge in [0.1, 0.15) is 11.8 Å². The molecular formula is C13H14N2O3. The van der Waals surface area contributed by atoms with Gasteiger partial charge in [0.05, 0.1) is 12.7 Å². The van der Waals surface area contributed by atoms with Gasteiger partial charge in [-0.2, -0.15) is 0 Å². The number of para-hydroxylation sites is 1. The average molecular weight is 246 g/mol. The van der Waals surface area contributed by atoms with Crippen molar-refractivity contribution in [1.29, 1.82) is 0 Å². The lowest BCUT2D eigenvalue weighted by Gasteiger charge is -2.14. The monoisotopic (exact) mass is 246 g/mol. The molecule has 1 aromatic carbocycles. The quantitative estimate of drug-likeness (QED) is 0.733. The molecule has 3 N–H and O–H groups in total. The lowest BCUT2D eigenvalue weighted by Crippen LogP contribution is -2.44. The lowest BCUT2D eigenvalue weighted by molar-refractivity contribution is -0.119. The number of hydrogen-bond donors (Lipinski definition) is 2. The predicted octanol–water partition coefficient (Wildman–Crippen LogP) is 0.302. The number of methoxy groups -OCH3 is 1. The standard InChI is InChI=1S/C13H14N2O3/c1-3-6-10(12(14)16)15-13(17)9-7-4-5-8-11(9)18-2/h1,4-5,7-8,10H,6H2,2H3,(H2,14,16)(H,15,17)/t10-/m0/s1. The summed E-state index contributed by atoms with van der Waals surface area (Å²) in [5, 5.41) is 2.47. The van der Waals surface area contributed by atoms with Crippen LogP contribution in [0.1, 0.15) is 16.8 Å². The van der Waals surface area contributed by atoms with E-state index >= 15 is 0 Å². The molecule has 0 spiro atoms. The molecule has 0 radical (unpaired) electrons. The fourth-order valence-corrected chi connectivity index (χ4v) is 1.41. The minimum atomic E-state index is -0.882. The van der Waals surface area contributed by atoms with E-state index in [1.54, 1.807) is 24.3 Å². The van der Waals surface area contributed by atoms with Gasteiger partial charge < -0.3 is 15.8 Å². The van der Waals surface area contributed by atoms with Gasteiger partial charge in [0.2, 0.25) is 5.91 Å². The fraction of sp³-hybridized carbons (Fsp3) is 0.231. The van der Waals surface area contributed by atoms with E-state index in [0.717, 1.165) is 0 Å². The highest BCUT2D eigenvalue weighted by Gasteiger charge is 2.19. The Balaban J connectivity index is 2.87. The van der Waals surface area contributed by atoms with Crippen LogP contribution in [-0.2, 0) is 4.79 Å². The molecule has 5 heteroatoms. The zero-order chi connectivity index (χ0) is 13.5. The largest absolute Gasteiger partial charge is 0.496 e. The fourth-order valence-electron chi connectivity index (χ4n) is 1.41. The Labute approximate surface area is 105 Å². The van der Waals surface area contributed by atoms with E-state index in [9.17, 15) is 9.59 Å². The summed E-state index contributed by atoms with van der Waals surface area (Å²) >= 11 is 0. The van der Waals surface area contributed by atoms with E-state index in [2.05, 4.69) is 11.2 Å². The molecule has 0 bridgehead atoms. The molecule has 1 aromatic rings. The second kappa shape index (κ2) is 6.30. The number of amides is 2. The Morgan fingerprint density at radius 1 is 1.50 bits per heavy atom. The molecule has 0 aliphatic rings. The van der Waals surface area contributed by atoms with Crippen molar-refractivity contribution in [2.75, 3.05) is 7.11 Å². The maximum Gasteiger partial charge on any atom is 0.255 e. The van der Waals surface area contributed by atoms with Crippen LogP contribution in [0.4, 0.5) is 0 Å². The highest BCUT2D eigenvalue weighted by molar-refractivity contribution is 5.99. The molecule has 0 saturated carbocycles. The van der Waals surface area contributed by atoms with Crippen LogP contribution < -0.4 is 15.8 Å². The van der Waals surface area contributed by atoms with Crippen molar-refractivity contribution in [3.05, 3.63) is 29.8 Å². The maximum absolute atomic E-state index is 11.9. The van der Waals surface area contributed by atoms with Crippen LogP contribution in [-0.4, -0.2) is 25.0 Å². The molecule has 0 aliphatic carbocycles. The van der Waals surface area contributed by atoms with Crippen molar-refractivity contribution >= 4 is 11.8 Å². The molecule has 1 rings (SSSR count). The minimum absolute atomic E-state index is 0.0518. The van der Waals surface area contributed by atoms with Crippen molar-refractivity contribution in [3.8, 4) is 18.1 Å². The minimum Gasteiger partial charge on any atom is -0.496 e. The zero-order valence-corrected chi connectivity index (χ0v) is 9.97. The number of ether oxygens (including phenoxy) is 1. The molecule has 0 saturated heterocycles. The van der Waals surface area contributed by atoms with Crippen LogP contribution in [0.15, 0.2) is 24.3 Å². The number of terminal acetylenes is 1. The number of carbonyl (C=O) groups excluding carboxylic acids is 2. The first-order chi connectivity index (χ1) is 8.60. The van der Waals surface area contributed by atoms with Gasteiger partial charge in [-0.3, -0.25) is 9.59 Å². The number of rotatable bonds is 5. The topological polar surface area (TPSA) is 81.4 Å². The second-order valence-electron chi connectivity index (χ2n) is 3.54. The first-order valence-corrected chi connectivity index (χ1v) is 5.26. The zero-order valence-electron chi connectivity index (χ0n) is 9.97. The first-order valence-electron chi connectivity index (χ1n) is 5.26. The van der Waals surface area contributed by atoms with Crippen molar-refractivity contribution in [2.45, 2.75) is 12.5 Å². The smallest absolute Gasteiger partial charge is 0.255 e.